The first-order valence-electron chi connectivity index (χ1n) is 7.88. The molecule has 1 N–H and O–H groups in total. The highest BCUT2D eigenvalue weighted by molar-refractivity contribution is 5.24. The van der Waals surface area contributed by atoms with Gasteiger partial charge in [0.25, 0.3) is 0 Å². The van der Waals surface area contributed by atoms with E-state index in [4.69, 9.17) is 14.5 Å². The molecule has 0 amide bonds. The third kappa shape index (κ3) is 2.74. The van der Waals surface area contributed by atoms with Gasteiger partial charge in [0.2, 0.25) is 0 Å². The lowest BCUT2D eigenvalue weighted by atomic mass is 9.94. The predicted molar refractivity (Wildman–Crippen MR) is 81.5 cm³/mol. The maximum absolute atomic E-state index is 5.84. The number of fused-ring (bicyclic) bond motifs is 1. The summed E-state index contributed by atoms with van der Waals surface area (Å²) in [4.78, 5) is 4.93. The van der Waals surface area contributed by atoms with Crippen molar-refractivity contribution in [2.45, 2.75) is 57.7 Å². The van der Waals surface area contributed by atoms with Crippen molar-refractivity contribution in [3.63, 3.8) is 0 Å². The summed E-state index contributed by atoms with van der Waals surface area (Å²) in [7, 11) is 1.80. The van der Waals surface area contributed by atoms with E-state index in [1.807, 2.05) is 0 Å². The molecule has 1 unspecified atom stereocenters. The molecular formula is C16H27N3O2. The van der Waals surface area contributed by atoms with Gasteiger partial charge < -0.3 is 19.4 Å². The zero-order valence-corrected chi connectivity index (χ0v) is 13.7. The van der Waals surface area contributed by atoms with Crippen LogP contribution in [0.2, 0.25) is 0 Å². The lowest BCUT2D eigenvalue weighted by Gasteiger charge is -2.30. The Kier molecular flexibility index (Phi) is 3.84. The van der Waals surface area contributed by atoms with Crippen LogP contribution in [0.25, 0.3) is 0 Å². The van der Waals surface area contributed by atoms with Gasteiger partial charge in [0.1, 0.15) is 11.4 Å². The Morgan fingerprint density at radius 3 is 2.86 bits per heavy atom. The molecule has 2 aliphatic rings. The molecule has 1 aromatic rings. The predicted octanol–water partition coefficient (Wildman–Crippen LogP) is 1.63. The summed E-state index contributed by atoms with van der Waals surface area (Å²) in [6.45, 7) is 10.9. The molecule has 1 aromatic heterocycles. The molecule has 3 rings (SSSR count). The summed E-state index contributed by atoms with van der Waals surface area (Å²) < 4.78 is 13.9. The summed E-state index contributed by atoms with van der Waals surface area (Å²) in [5.74, 6) is 1.17. The molecule has 5 heteroatoms. The van der Waals surface area contributed by atoms with Crippen molar-refractivity contribution in [2.24, 2.45) is 0 Å². The van der Waals surface area contributed by atoms with E-state index in [1.54, 1.807) is 7.11 Å². The highest BCUT2D eigenvalue weighted by Crippen LogP contribution is 2.31. The second-order valence-corrected chi connectivity index (χ2v) is 7.28. The average molecular weight is 293 g/mol. The molecule has 0 radical (unpaired) electrons. The second kappa shape index (κ2) is 5.38. The van der Waals surface area contributed by atoms with Gasteiger partial charge in [0.15, 0.2) is 0 Å². The van der Waals surface area contributed by atoms with Crippen LogP contribution in [0.4, 0.5) is 0 Å². The number of rotatable bonds is 3. The van der Waals surface area contributed by atoms with E-state index in [9.17, 15) is 0 Å². The molecule has 0 aromatic carbocycles. The van der Waals surface area contributed by atoms with E-state index in [-0.39, 0.29) is 11.0 Å². The number of hydrogen-bond acceptors (Lipinski definition) is 4. The molecule has 2 aliphatic heterocycles. The lowest BCUT2D eigenvalue weighted by Crippen LogP contribution is -2.39. The molecule has 1 fully saturated rings. The molecule has 118 valence electrons. The number of hydrogen-bond donors (Lipinski definition) is 1. The van der Waals surface area contributed by atoms with Crippen LogP contribution in [0.3, 0.4) is 0 Å². The Hall–Kier alpha value is -0.910. The summed E-state index contributed by atoms with van der Waals surface area (Å²) in [5, 5.41) is 3.42. The van der Waals surface area contributed by atoms with Crippen LogP contribution >= 0.6 is 0 Å². The third-order valence-corrected chi connectivity index (χ3v) is 4.60. The summed E-state index contributed by atoms with van der Waals surface area (Å²) in [6.07, 6.45) is 2.00. The standard InChI is InChI=1S/C16H27N3O2/c1-15(2,3)14-18-12-9-17-7-5-13(12)19(14)10-16(20-4)6-8-21-11-16/h17H,5-11H2,1-4H3. The normalized spacial score (nSPS) is 26.1. The number of imidazole rings is 1. The maximum Gasteiger partial charge on any atom is 0.114 e. The summed E-state index contributed by atoms with van der Waals surface area (Å²) in [5.41, 5.74) is 2.42. The lowest BCUT2D eigenvalue weighted by molar-refractivity contribution is -0.0309. The number of aromatic nitrogens is 2. The SMILES string of the molecule is COC1(Cn2c(C(C)(C)C)nc3c2CCNC3)CCOC1. The first-order valence-corrected chi connectivity index (χ1v) is 7.88. The van der Waals surface area contributed by atoms with E-state index in [0.717, 1.165) is 39.1 Å². The van der Waals surface area contributed by atoms with E-state index in [2.05, 4.69) is 30.7 Å². The fourth-order valence-corrected chi connectivity index (χ4v) is 3.34. The van der Waals surface area contributed by atoms with Gasteiger partial charge in [-0.05, 0) is 0 Å². The summed E-state index contributed by atoms with van der Waals surface area (Å²) >= 11 is 0. The van der Waals surface area contributed by atoms with Crippen molar-refractivity contribution < 1.29 is 9.47 Å². The molecule has 1 saturated heterocycles. The Balaban J connectivity index is 2.01. The maximum atomic E-state index is 5.84. The van der Waals surface area contributed by atoms with Gasteiger partial charge in [0.05, 0.1) is 18.8 Å². The van der Waals surface area contributed by atoms with Crippen molar-refractivity contribution >= 4 is 0 Å². The van der Waals surface area contributed by atoms with Crippen molar-refractivity contribution in [3.8, 4) is 0 Å². The van der Waals surface area contributed by atoms with Gasteiger partial charge in [-0.1, -0.05) is 20.8 Å². The van der Waals surface area contributed by atoms with Crippen LogP contribution in [0, 0.1) is 0 Å². The molecular weight excluding hydrogens is 266 g/mol. The number of nitrogens with zero attached hydrogens (tertiary/aromatic N) is 2. The molecule has 0 spiro atoms. The van der Waals surface area contributed by atoms with Crippen LogP contribution in [0.5, 0.6) is 0 Å². The van der Waals surface area contributed by atoms with Gasteiger partial charge in [-0.25, -0.2) is 4.98 Å². The van der Waals surface area contributed by atoms with Gasteiger partial charge in [-0.15, -0.1) is 0 Å². The minimum Gasteiger partial charge on any atom is -0.378 e. The van der Waals surface area contributed by atoms with Gasteiger partial charge in [0, 0.05) is 50.8 Å². The number of methoxy groups -OCH3 is 1. The smallest absolute Gasteiger partial charge is 0.114 e. The fourth-order valence-electron chi connectivity index (χ4n) is 3.34. The van der Waals surface area contributed by atoms with Gasteiger partial charge in [-0.3, -0.25) is 0 Å². The Bertz CT molecular complexity index is 510. The quantitative estimate of drug-likeness (QED) is 0.920. The van der Waals surface area contributed by atoms with Gasteiger partial charge in [-0.2, -0.15) is 0 Å². The minimum absolute atomic E-state index is 0.0335. The Morgan fingerprint density at radius 1 is 1.43 bits per heavy atom. The van der Waals surface area contributed by atoms with Crippen LogP contribution in [0.1, 0.15) is 44.4 Å². The Labute approximate surface area is 127 Å². The Morgan fingerprint density at radius 2 is 2.24 bits per heavy atom. The molecule has 0 aliphatic carbocycles. The molecule has 0 bridgehead atoms. The minimum atomic E-state index is -0.195. The number of nitrogens with one attached hydrogen (secondary N) is 1. The van der Waals surface area contributed by atoms with Crippen molar-refractivity contribution in [1.82, 2.24) is 14.9 Å². The van der Waals surface area contributed by atoms with Gasteiger partial charge >= 0.3 is 0 Å². The van der Waals surface area contributed by atoms with E-state index < -0.39 is 0 Å². The average Bonchev–Trinajstić information content (AvgIpc) is 3.05. The first-order chi connectivity index (χ1) is 9.95. The van der Waals surface area contributed by atoms with E-state index in [1.165, 1.54) is 17.2 Å². The fraction of sp³-hybridized carbons (Fsp3) is 0.812. The van der Waals surface area contributed by atoms with Crippen molar-refractivity contribution in [3.05, 3.63) is 17.2 Å². The highest BCUT2D eigenvalue weighted by Gasteiger charge is 2.38. The topological polar surface area (TPSA) is 48.3 Å². The van der Waals surface area contributed by atoms with Crippen LogP contribution in [-0.2, 0) is 34.4 Å². The van der Waals surface area contributed by atoms with Crippen LogP contribution in [0.15, 0.2) is 0 Å². The first kappa shape index (κ1) is 15.0. The molecule has 0 saturated carbocycles. The zero-order chi connectivity index (χ0) is 15.1. The van der Waals surface area contributed by atoms with E-state index in [0.29, 0.717) is 6.61 Å². The summed E-state index contributed by atoms with van der Waals surface area (Å²) in [6, 6.07) is 0. The highest BCUT2D eigenvalue weighted by atomic mass is 16.5. The third-order valence-electron chi connectivity index (χ3n) is 4.60. The molecule has 21 heavy (non-hydrogen) atoms. The molecule has 3 heterocycles. The zero-order valence-electron chi connectivity index (χ0n) is 13.7. The molecule has 5 nitrogen and oxygen atoms in total. The second-order valence-electron chi connectivity index (χ2n) is 7.28. The molecule has 1 atom stereocenters. The number of ether oxygens (including phenoxy) is 2. The van der Waals surface area contributed by atoms with Crippen LogP contribution in [-0.4, -0.2) is 42.0 Å². The monoisotopic (exact) mass is 293 g/mol. The van der Waals surface area contributed by atoms with Crippen molar-refractivity contribution in [1.29, 1.82) is 0 Å². The van der Waals surface area contributed by atoms with Crippen molar-refractivity contribution in [2.75, 3.05) is 26.9 Å². The largest absolute Gasteiger partial charge is 0.378 e. The van der Waals surface area contributed by atoms with E-state index >= 15 is 0 Å². The van der Waals surface area contributed by atoms with Crippen LogP contribution < -0.4 is 5.32 Å².